The Hall–Kier alpha value is -5.40. The maximum Gasteiger partial charge on any atom is 0.269 e. The molecule has 3 heterocycles. The first-order valence-corrected chi connectivity index (χ1v) is 14.8. The fraction of sp³-hybridized carbons (Fsp3) is 0.273. The molecule has 0 bridgehead atoms. The monoisotopic (exact) mass is 624 g/mol. The number of aliphatic hydroxyl groups excluding tert-OH is 1. The van der Waals surface area contributed by atoms with Gasteiger partial charge in [-0.15, -0.1) is 5.10 Å². The topological polar surface area (TPSA) is 164 Å². The van der Waals surface area contributed by atoms with Crippen molar-refractivity contribution in [2.45, 2.75) is 38.5 Å². The van der Waals surface area contributed by atoms with Gasteiger partial charge in [0.1, 0.15) is 5.75 Å². The van der Waals surface area contributed by atoms with Gasteiger partial charge in [-0.05, 0) is 42.3 Å². The number of aryl methyl sites for hydroxylation is 1. The molecule has 0 radical (unpaired) electrons. The van der Waals surface area contributed by atoms with E-state index in [9.17, 15) is 24.8 Å². The Bertz CT molecular complexity index is 1820. The van der Waals surface area contributed by atoms with Crippen LogP contribution in [-0.4, -0.2) is 55.2 Å². The Kier molecular flexibility index (Phi) is 8.35. The number of allylic oxidation sites excluding steroid dienone is 1. The molecular weight excluding hydrogens is 592 g/mol. The van der Waals surface area contributed by atoms with E-state index in [-0.39, 0.29) is 36.9 Å². The molecule has 1 aromatic heterocycles. The Morgan fingerprint density at radius 1 is 1.11 bits per heavy atom. The summed E-state index contributed by atoms with van der Waals surface area (Å²) in [6.07, 6.45) is 6.24. The van der Waals surface area contributed by atoms with Gasteiger partial charge in [0.15, 0.2) is 12.2 Å². The molecule has 3 aromatic carbocycles. The third-order valence-corrected chi connectivity index (χ3v) is 8.27. The summed E-state index contributed by atoms with van der Waals surface area (Å²) in [7, 11) is 0. The number of aromatic nitrogens is 3. The molecule has 4 aromatic rings. The summed E-state index contributed by atoms with van der Waals surface area (Å²) >= 11 is 0. The van der Waals surface area contributed by atoms with Crippen LogP contribution in [0.25, 0.3) is 0 Å². The number of carbonyl (C=O) groups is 2. The number of nitrogens with zero attached hydrogens (tertiary/aromatic N) is 6. The maximum atomic E-state index is 14.0. The molecule has 13 nitrogen and oxygen atoms in total. The Labute approximate surface area is 264 Å². The minimum absolute atomic E-state index is 0.0187. The van der Waals surface area contributed by atoms with Crippen LogP contribution in [0.15, 0.2) is 85.1 Å². The number of aliphatic hydroxyl groups is 2. The first kappa shape index (κ1) is 30.6. The third kappa shape index (κ3) is 5.61. The van der Waals surface area contributed by atoms with E-state index in [1.807, 2.05) is 18.2 Å². The first-order chi connectivity index (χ1) is 22.2. The van der Waals surface area contributed by atoms with Crippen LogP contribution in [0.2, 0.25) is 0 Å². The van der Waals surface area contributed by atoms with Gasteiger partial charge in [0.05, 0.1) is 28.5 Å². The second-order valence-electron chi connectivity index (χ2n) is 11.2. The molecule has 46 heavy (non-hydrogen) atoms. The Morgan fingerprint density at radius 3 is 2.65 bits per heavy atom. The van der Waals surface area contributed by atoms with Crippen LogP contribution in [-0.2, 0) is 34.7 Å². The summed E-state index contributed by atoms with van der Waals surface area (Å²) in [6, 6.07) is 18.5. The van der Waals surface area contributed by atoms with Crippen molar-refractivity contribution in [3.05, 3.63) is 112 Å². The number of anilines is 3. The summed E-state index contributed by atoms with van der Waals surface area (Å²) in [5, 5.41) is 40.7. The number of carbonyl (C=O) groups excluding carboxylic acids is 2. The van der Waals surface area contributed by atoms with Crippen molar-refractivity contribution in [1.29, 1.82) is 0 Å². The van der Waals surface area contributed by atoms with Crippen LogP contribution in [0.5, 0.6) is 5.75 Å². The smallest absolute Gasteiger partial charge is 0.269 e. The lowest BCUT2D eigenvalue weighted by molar-refractivity contribution is -0.385. The van der Waals surface area contributed by atoms with E-state index >= 15 is 0 Å². The van der Waals surface area contributed by atoms with Crippen LogP contribution in [0.3, 0.4) is 0 Å². The van der Waals surface area contributed by atoms with Gasteiger partial charge in [-0.3, -0.25) is 29.3 Å². The number of hydrogen-bond donors (Lipinski definition) is 2. The number of hydrogen-bond acceptors (Lipinski definition) is 9. The highest BCUT2D eigenvalue weighted by Gasteiger charge is 2.53. The van der Waals surface area contributed by atoms with Crippen LogP contribution in [0.4, 0.5) is 22.7 Å². The quantitative estimate of drug-likeness (QED) is 0.144. The van der Waals surface area contributed by atoms with Crippen molar-refractivity contribution in [1.82, 2.24) is 15.0 Å². The van der Waals surface area contributed by atoms with Gasteiger partial charge in [0.25, 0.3) is 17.5 Å². The second-order valence-corrected chi connectivity index (χ2v) is 11.2. The lowest BCUT2D eigenvalue weighted by Gasteiger charge is -2.29. The minimum Gasteiger partial charge on any atom is -0.482 e. The number of rotatable bonds is 11. The van der Waals surface area contributed by atoms with E-state index in [1.54, 1.807) is 65.2 Å². The predicted octanol–water partition coefficient (Wildman–Crippen LogP) is 3.80. The molecule has 2 aliphatic heterocycles. The average molecular weight is 625 g/mol. The normalized spacial score (nSPS) is 18.1. The van der Waals surface area contributed by atoms with Crippen molar-refractivity contribution in [3.8, 4) is 5.75 Å². The standard InChI is InChI=1S/C33H32N6O7/c1-22(6-4-5-16-36-20-24(15-17-40)34-35-36)33(43)27-18-26(39(44)45)13-14-28(27)37(32(33)42)19-23-9-11-25(12-10-23)38-29-7-2-3-8-30(29)46-21-31(38)41/h2-4,6-14,18,20,22,40,43H,5,15-17,19,21H2,1H3/b6-4+/t22-,33+/m1/s1. The fourth-order valence-corrected chi connectivity index (χ4v) is 5.85. The molecule has 236 valence electrons. The van der Waals surface area contributed by atoms with Gasteiger partial charge in [-0.2, -0.15) is 0 Å². The molecule has 0 fully saturated rings. The second kappa shape index (κ2) is 12.5. The first-order valence-electron chi connectivity index (χ1n) is 14.8. The van der Waals surface area contributed by atoms with Crippen molar-refractivity contribution in [2.24, 2.45) is 5.92 Å². The molecule has 0 saturated carbocycles. The summed E-state index contributed by atoms with van der Waals surface area (Å²) in [6.45, 7) is 2.19. The van der Waals surface area contributed by atoms with Gasteiger partial charge in [0.2, 0.25) is 0 Å². The molecule has 0 unspecified atom stereocenters. The molecule has 6 rings (SSSR count). The van der Waals surface area contributed by atoms with Gasteiger partial charge in [0, 0.05) is 55.1 Å². The zero-order valence-corrected chi connectivity index (χ0v) is 25.0. The number of nitro benzene ring substituents is 1. The zero-order valence-electron chi connectivity index (χ0n) is 25.0. The number of benzene rings is 3. The third-order valence-electron chi connectivity index (χ3n) is 8.27. The summed E-state index contributed by atoms with van der Waals surface area (Å²) in [4.78, 5) is 40.8. The van der Waals surface area contributed by atoms with Gasteiger partial charge >= 0.3 is 0 Å². The number of nitro groups is 1. The lowest BCUT2D eigenvalue weighted by atomic mass is 9.82. The van der Waals surface area contributed by atoms with Crippen LogP contribution in [0, 0.1) is 16.0 Å². The molecule has 2 aliphatic rings. The molecule has 13 heteroatoms. The largest absolute Gasteiger partial charge is 0.482 e. The molecular formula is C33H32N6O7. The molecule has 2 amide bonds. The molecule has 2 N–H and O–H groups in total. The van der Waals surface area contributed by atoms with Gasteiger partial charge in [-0.25, -0.2) is 0 Å². The summed E-state index contributed by atoms with van der Waals surface area (Å²) in [5.41, 5.74) is 0.973. The van der Waals surface area contributed by atoms with Crippen molar-refractivity contribution < 1.29 is 29.5 Å². The number of ether oxygens (including phenoxy) is 1. The Morgan fingerprint density at radius 2 is 1.89 bits per heavy atom. The van der Waals surface area contributed by atoms with E-state index in [2.05, 4.69) is 10.3 Å². The van der Waals surface area contributed by atoms with E-state index in [4.69, 9.17) is 9.84 Å². The zero-order chi connectivity index (χ0) is 32.4. The highest BCUT2D eigenvalue weighted by Crippen LogP contribution is 2.47. The van der Waals surface area contributed by atoms with Crippen LogP contribution in [0.1, 0.15) is 30.2 Å². The minimum atomic E-state index is -2.04. The molecule has 0 saturated heterocycles. The number of para-hydroxylation sites is 2. The highest BCUT2D eigenvalue weighted by atomic mass is 16.6. The van der Waals surface area contributed by atoms with E-state index in [0.29, 0.717) is 47.9 Å². The van der Waals surface area contributed by atoms with E-state index in [1.165, 1.54) is 23.1 Å². The average Bonchev–Trinajstić information content (AvgIpc) is 3.60. The van der Waals surface area contributed by atoms with Gasteiger partial charge < -0.3 is 19.8 Å². The van der Waals surface area contributed by atoms with Crippen molar-refractivity contribution in [2.75, 3.05) is 23.0 Å². The predicted molar refractivity (Wildman–Crippen MR) is 167 cm³/mol. The summed E-state index contributed by atoms with van der Waals surface area (Å²) < 4.78 is 7.19. The SMILES string of the molecule is C[C@H](/C=C/CCn1cc(CCO)nn1)[C@@]1(O)C(=O)N(Cc2ccc(N3C(=O)COc4ccccc43)cc2)c2ccc([N+](=O)[O-])cc21. The van der Waals surface area contributed by atoms with Crippen LogP contribution >= 0.6 is 0 Å². The summed E-state index contributed by atoms with van der Waals surface area (Å²) in [5.74, 6) is -0.920. The number of fused-ring (bicyclic) bond motifs is 2. The molecule has 0 aliphatic carbocycles. The number of amides is 2. The van der Waals surface area contributed by atoms with E-state index < -0.39 is 22.3 Å². The lowest BCUT2D eigenvalue weighted by Crippen LogP contribution is -2.44. The van der Waals surface area contributed by atoms with Gasteiger partial charge in [-0.1, -0.05) is 48.6 Å². The maximum absolute atomic E-state index is 14.0. The van der Waals surface area contributed by atoms with Crippen LogP contribution < -0.4 is 14.5 Å². The Balaban J connectivity index is 1.23. The highest BCUT2D eigenvalue weighted by molar-refractivity contribution is 6.07. The van der Waals surface area contributed by atoms with E-state index in [0.717, 1.165) is 5.56 Å². The van der Waals surface area contributed by atoms with Crippen molar-refractivity contribution >= 4 is 34.6 Å². The van der Waals surface area contributed by atoms with Crippen molar-refractivity contribution in [3.63, 3.8) is 0 Å². The fourth-order valence-electron chi connectivity index (χ4n) is 5.85. The molecule has 0 spiro atoms. The molecule has 2 atom stereocenters. The number of non-ortho nitro benzene ring substituents is 1.